The third-order valence-electron chi connectivity index (χ3n) is 6.31. The molecule has 0 aromatic rings. The van der Waals surface area contributed by atoms with Gasteiger partial charge in [0.25, 0.3) is 0 Å². The van der Waals surface area contributed by atoms with E-state index in [0.717, 1.165) is 18.0 Å². The molecule has 0 N–H and O–H groups in total. The van der Waals surface area contributed by atoms with E-state index in [2.05, 4.69) is 30.6 Å². The van der Waals surface area contributed by atoms with E-state index < -0.39 is 0 Å². The fourth-order valence-electron chi connectivity index (χ4n) is 4.65. The fourth-order valence-corrected chi connectivity index (χ4v) is 4.65. The highest BCUT2D eigenvalue weighted by atomic mass is 15.3. The highest BCUT2D eigenvalue weighted by Crippen LogP contribution is 2.45. The van der Waals surface area contributed by atoms with Crippen LogP contribution in [0.3, 0.4) is 0 Å². The van der Waals surface area contributed by atoms with Crippen molar-refractivity contribution in [1.82, 2.24) is 9.80 Å². The molecule has 1 saturated carbocycles. The van der Waals surface area contributed by atoms with Crippen molar-refractivity contribution in [3.8, 4) is 0 Å². The van der Waals surface area contributed by atoms with Gasteiger partial charge in [0.15, 0.2) is 0 Å². The monoisotopic (exact) mass is 264 g/mol. The molecule has 2 heterocycles. The van der Waals surface area contributed by atoms with E-state index in [1.54, 1.807) is 0 Å². The normalized spacial score (nSPS) is 35.4. The zero-order valence-corrected chi connectivity index (χ0v) is 13.2. The molecule has 2 atom stereocenters. The molecular formula is C17H32N2. The molecule has 0 amide bonds. The summed E-state index contributed by atoms with van der Waals surface area (Å²) in [4.78, 5) is 5.67. The average Bonchev–Trinajstić information content (AvgIpc) is 2.79. The van der Waals surface area contributed by atoms with Gasteiger partial charge < -0.3 is 0 Å². The first-order valence-corrected chi connectivity index (χ1v) is 8.62. The first-order chi connectivity index (χ1) is 9.13. The Morgan fingerprint density at radius 2 is 1.95 bits per heavy atom. The van der Waals surface area contributed by atoms with Gasteiger partial charge in [0.2, 0.25) is 0 Å². The maximum Gasteiger partial charge on any atom is 0.0247 e. The number of piperazine rings is 1. The van der Waals surface area contributed by atoms with Crippen LogP contribution in [0, 0.1) is 11.3 Å². The second-order valence-corrected chi connectivity index (χ2v) is 7.74. The van der Waals surface area contributed by atoms with Gasteiger partial charge in [-0.2, -0.15) is 0 Å². The summed E-state index contributed by atoms with van der Waals surface area (Å²) >= 11 is 0. The molecule has 2 saturated heterocycles. The number of hydrogen-bond donors (Lipinski definition) is 0. The quantitative estimate of drug-likeness (QED) is 0.768. The summed E-state index contributed by atoms with van der Waals surface area (Å²) in [5.41, 5.74) is 0.688. The van der Waals surface area contributed by atoms with Crippen LogP contribution in [0.4, 0.5) is 0 Å². The minimum Gasteiger partial charge on any atom is -0.298 e. The minimum atomic E-state index is 0.688. The summed E-state index contributed by atoms with van der Waals surface area (Å²) in [6, 6.07) is 1.68. The second-order valence-electron chi connectivity index (χ2n) is 7.74. The number of fused-ring (bicyclic) bond motifs is 1. The van der Waals surface area contributed by atoms with Crippen molar-refractivity contribution in [2.24, 2.45) is 11.3 Å². The predicted octanol–water partition coefficient (Wildman–Crippen LogP) is 3.37. The first kappa shape index (κ1) is 13.9. The largest absolute Gasteiger partial charge is 0.298 e. The Hall–Kier alpha value is -0.0800. The van der Waals surface area contributed by atoms with Gasteiger partial charge in [-0.05, 0) is 50.0 Å². The molecule has 2 nitrogen and oxygen atoms in total. The van der Waals surface area contributed by atoms with E-state index in [4.69, 9.17) is 0 Å². The van der Waals surface area contributed by atoms with Crippen molar-refractivity contribution < 1.29 is 0 Å². The van der Waals surface area contributed by atoms with Crippen LogP contribution in [0.25, 0.3) is 0 Å². The van der Waals surface area contributed by atoms with Crippen LogP contribution in [-0.4, -0.2) is 48.1 Å². The number of hydrogen-bond acceptors (Lipinski definition) is 2. The van der Waals surface area contributed by atoms with Crippen LogP contribution in [-0.2, 0) is 0 Å². The molecular weight excluding hydrogens is 232 g/mol. The minimum absolute atomic E-state index is 0.688. The predicted molar refractivity (Wildman–Crippen MR) is 81.4 cm³/mol. The molecule has 0 aromatic carbocycles. The lowest BCUT2D eigenvalue weighted by molar-refractivity contribution is -0.0241. The number of nitrogens with zero attached hydrogens (tertiary/aromatic N) is 2. The smallest absolute Gasteiger partial charge is 0.0247 e. The highest BCUT2D eigenvalue weighted by molar-refractivity contribution is 4.97. The third-order valence-corrected chi connectivity index (χ3v) is 6.31. The molecule has 110 valence electrons. The van der Waals surface area contributed by atoms with Crippen molar-refractivity contribution >= 4 is 0 Å². The standard InChI is InChI=1S/C17H32N2/c1-4-17(8-6-9-17)13-19-11-15-7-5-10-18(15)12-16(19)14(2)3/h14-16H,4-13H2,1-3H3. The molecule has 3 rings (SSSR count). The second kappa shape index (κ2) is 5.37. The van der Waals surface area contributed by atoms with Crippen LogP contribution in [0.1, 0.15) is 59.3 Å². The molecule has 0 radical (unpaired) electrons. The SMILES string of the molecule is CCC1(CN2CC3CCCN3CC2C(C)C)CCC1. The molecule has 2 unspecified atom stereocenters. The summed E-state index contributed by atoms with van der Waals surface area (Å²) < 4.78 is 0. The Labute approximate surface area is 119 Å². The Kier molecular flexibility index (Phi) is 3.92. The van der Waals surface area contributed by atoms with E-state index in [1.165, 1.54) is 64.7 Å². The van der Waals surface area contributed by atoms with Crippen molar-refractivity contribution in [2.75, 3.05) is 26.2 Å². The Morgan fingerprint density at radius 3 is 2.53 bits per heavy atom. The van der Waals surface area contributed by atoms with E-state index >= 15 is 0 Å². The van der Waals surface area contributed by atoms with Crippen molar-refractivity contribution in [1.29, 1.82) is 0 Å². The Bertz CT molecular complexity index is 303. The molecule has 0 aromatic heterocycles. The van der Waals surface area contributed by atoms with E-state index in [9.17, 15) is 0 Å². The van der Waals surface area contributed by atoms with Crippen molar-refractivity contribution in [3.05, 3.63) is 0 Å². The molecule has 2 heteroatoms. The van der Waals surface area contributed by atoms with Crippen LogP contribution < -0.4 is 0 Å². The molecule has 0 spiro atoms. The average molecular weight is 264 g/mol. The maximum atomic E-state index is 2.89. The lowest BCUT2D eigenvalue weighted by atomic mass is 9.66. The van der Waals surface area contributed by atoms with Gasteiger partial charge in [-0.15, -0.1) is 0 Å². The summed E-state index contributed by atoms with van der Waals surface area (Å²) in [5, 5.41) is 0. The summed E-state index contributed by atoms with van der Waals surface area (Å²) in [5.74, 6) is 0.801. The first-order valence-electron chi connectivity index (χ1n) is 8.62. The van der Waals surface area contributed by atoms with Gasteiger partial charge >= 0.3 is 0 Å². The van der Waals surface area contributed by atoms with Gasteiger partial charge in [-0.3, -0.25) is 9.80 Å². The molecule has 0 bridgehead atoms. The zero-order chi connectivity index (χ0) is 13.5. The Morgan fingerprint density at radius 1 is 1.16 bits per heavy atom. The molecule has 1 aliphatic carbocycles. The fraction of sp³-hybridized carbons (Fsp3) is 1.00. The number of rotatable bonds is 4. The van der Waals surface area contributed by atoms with Gasteiger partial charge in [-0.25, -0.2) is 0 Å². The maximum absolute atomic E-state index is 2.89. The third kappa shape index (κ3) is 2.58. The Balaban J connectivity index is 1.69. The summed E-state index contributed by atoms with van der Waals surface area (Å²) in [6.45, 7) is 12.7. The van der Waals surface area contributed by atoms with Gasteiger partial charge in [-0.1, -0.05) is 27.2 Å². The van der Waals surface area contributed by atoms with Crippen LogP contribution in [0.5, 0.6) is 0 Å². The van der Waals surface area contributed by atoms with Gasteiger partial charge in [0, 0.05) is 31.7 Å². The van der Waals surface area contributed by atoms with Crippen LogP contribution in [0.2, 0.25) is 0 Å². The summed E-state index contributed by atoms with van der Waals surface area (Å²) in [7, 11) is 0. The van der Waals surface area contributed by atoms with Crippen LogP contribution >= 0.6 is 0 Å². The molecule has 19 heavy (non-hydrogen) atoms. The summed E-state index contributed by atoms with van der Waals surface area (Å²) in [6.07, 6.45) is 8.72. The van der Waals surface area contributed by atoms with Crippen LogP contribution in [0.15, 0.2) is 0 Å². The zero-order valence-electron chi connectivity index (χ0n) is 13.2. The van der Waals surface area contributed by atoms with Gasteiger partial charge in [0.1, 0.15) is 0 Å². The lowest BCUT2D eigenvalue weighted by Crippen LogP contribution is -2.60. The molecule has 2 aliphatic heterocycles. The van der Waals surface area contributed by atoms with Crippen molar-refractivity contribution in [2.45, 2.75) is 71.4 Å². The molecule has 3 aliphatic rings. The van der Waals surface area contributed by atoms with E-state index in [1.807, 2.05) is 0 Å². The van der Waals surface area contributed by atoms with E-state index in [-0.39, 0.29) is 0 Å². The molecule has 3 fully saturated rings. The van der Waals surface area contributed by atoms with Crippen molar-refractivity contribution in [3.63, 3.8) is 0 Å². The van der Waals surface area contributed by atoms with Gasteiger partial charge in [0.05, 0.1) is 0 Å². The topological polar surface area (TPSA) is 6.48 Å². The highest BCUT2D eigenvalue weighted by Gasteiger charge is 2.43. The van der Waals surface area contributed by atoms with E-state index in [0.29, 0.717) is 5.41 Å². The lowest BCUT2D eigenvalue weighted by Gasteiger charge is -2.52.